The van der Waals surface area contributed by atoms with Crippen LogP contribution in [0.2, 0.25) is 0 Å². The van der Waals surface area contributed by atoms with Gasteiger partial charge in [0.05, 0.1) is 22.4 Å². The van der Waals surface area contributed by atoms with Crippen molar-refractivity contribution in [1.29, 1.82) is 0 Å². The summed E-state index contributed by atoms with van der Waals surface area (Å²) in [5.41, 5.74) is 11.1. The molecular formula is C43H48N4O. The number of hydrogen-bond donors (Lipinski definition) is 0. The van der Waals surface area contributed by atoms with Gasteiger partial charge in [0, 0.05) is 46.3 Å². The summed E-state index contributed by atoms with van der Waals surface area (Å²) >= 11 is 0. The van der Waals surface area contributed by atoms with Crippen molar-refractivity contribution in [3.05, 3.63) is 119 Å². The Hall–Kier alpha value is -4.64. The molecule has 246 valence electrons. The van der Waals surface area contributed by atoms with Gasteiger partial charge < -0.3 is 4.74 Å². The second-order valence-electron chi connectivity index (χ2n) is 14.1. The Kier molecular flexibility index (Phi) is 8.72. The van der Waals surface area contributed by atoms with Crippen LogP contribution in [0.4, 0.5) is 0 Å². The van der Waals surface area contributed by atoms with Gasteiger partial charge in [0.2, 0.25) is 0 Å². The number of allylic oxidation sites excluding steroid dienone is 2. The van der Waals surface area contributed by atoms with Crippen LogP contribution >= 0.6 is 0 Å². The van der Waals surface area contributed by atoms with Gasteiger partial charge in [0.15, 0.2) is 0 Å². The molecule has 3 aromatic carbocycles. The number of unbranched alkanes of at least 4 members (excludes halogenated alkanes) is 1. The Labute approximate surface area is 285 Å². The number of aromatic nitrogens is 4. The summed E-state index contributed by atoms with van der Waals surface area (Å²) in [6.45, 7) is 15.9. The minimum absolute atomic E-state index is 0.415. The van der Waals surface area contributed by atoms with Crippen LogP contribution in [0.1, 0.15) is 87.9 Å². The van der Waals surface area contributed by atoms with Crippen molar-refractivity contribution in [1.82, 2.24) is 19.3 Å². The summed E-state index contributed by atoms with van der Waals surface area (Å²) in [7, 11) is 0. The Morgan fingerprint density at radius 2 is 1.65 bits per heavy atom. The molecule has 3 heterocycles. The fourth-order valence-electron chi connectivity index (χ4n) is 8.19. The van der Waals surface area contributed by atoms with E-state index in [9.17, 15) is 0 Å². The number of fused-ring (bicyclic) bond motifs is 3. The first kappa shape index (κ1) is 31.9. The highest BCUT2D eigenvalue weighted by Crippen LogP contribution is 2.44. The minimum Gasteiger partial charge on any atom is -0.457 e. The molecule has 7 rings (SSSR count). The summed E-state index contributed by atoms with van der Waals surface area (Å²) in [5, 5.41) is 7.73. The summed E-state index contributed by atoms with van der Waals surface area (Å²) in [4.78, 5) is 4.75. The van der Waals surface area contributed by atoms with Gasteiger partial charge in [-0.15, -0.1) is 0 Å². The molecule has 0 spiro atoms. The molecule has 0 N–H and O–H groups in total. The predicted molar refractivity (Wildman–Crippen MR) is 199 cm³/mol. The lowest BCUT2D eigenvalue weighted by molar-refractivity contribution is 0.389. The maximum atomic E-state index is 6.70. The van der Waals surface area contributed by atoms with E-state index in [2.05, 4.69) is 131 Å². The van der Waals surface area contributed by atoms with E-state index in [4.69, 9.17) is 14.8 Å². The first-order valence-corrected chi connectivity index (χ1v) is 17.8. The third-order valence-electron chi connectivity index (χ3n) is 10.2. The molecule has 5 nitrogen and oxygen atoms in total. The highest BCUT2D eigenvalue weighted by molar-refractivity contribution is 6.09. The smallest absolute Gasteiger partial charge is 0.137 e. The Balaban J connectivity index is 1.32. The lowest BCUT2D eigenvalue weighted by Gasteiger charge is -2.33. The number of benzene rings is 3. The number of pyridine rings is 1. The molecule has 5 heteroatoms. The molecule has 0 radical (unpaired) electrons. The molecule has 6 aromatic rings. The normalized spacial score (nSPS) is 18.1. The largest absolute Gasteiger partial charge is 0.457 e. The van der Waals surface area contributed by atoms with Gasteiger partial charge in [-0.2, -0.15) is 5.10 Å². The SMILES string of the molecule is CCCCc1c(C2C(C)=C[C@H](C)C[C@@H]2C)c(CC)nn1-c1cc(C)cc(Oc2ccc3c4ccccc4n(-c4cc(C)ccn4)c3c2)c1. The van der Waals surface area contributed by atoms with Crippen LogP contribution in [-0.4, -0.2) is 19.3 Å². The zero-order valence-corrected chi connectivity index (χ0v) is 29.5. The van der Waals surface area contributed by atoms with E-state index >= 15 is 0 Å². The highest BCUT2D eigenvalue weighted by atomic mass is 16.5. The topological polar surface area (TPSA) is 44.9 Å². The predicted octanol–water partition coefficient (Wildman–Crippen LogP) is 11.4. The molecule has 0 bridgehead atoms. The highest BCUT2D eigenvalue weighted by Gasteiger charge is 2.33. The van der Waals surface area contributed by atoms with Crippen molar-refractivity contribution in [2.24, 2.45) is 11.8 Å². The summed E-state index contributed by atoms with van der Waals surface area (Å²) < 4.78 is 11.2. The van der Waals surface area contributed by atoms with Gasteiger partial charge >= 0.3 is 0 Å². The molecular weight excluding hydrogens is 589 g/mol. The Bertz CT molecular complexity index is 2150. The van der Waals surface area contributed by atoms with Crippen molar-refractivity contribution < 1.29 is 4.74 Å². The van der Waals surface area contributed by atoms with E-state index in [0.29, 0.717) is 17.8 Å². The van der Waals surface area contributed by atoms with Gasteiger partial charge in [0.25, 0.3) is 0 Å². The first-order valence-electron chi connectivity index (χ1n) is 17.8. The van der Waals surface area contributed by atoms with Crippen molar-refractivity contribution in [2.45, 2.75) is 86.5 Å². The molecule has 3 aromatic heterocycles. The van der Waals surface area contributed by atoms with Gasteiger partial charge in [-0.1, -0.05) is 64.0 Å². The van der Waals surface area contributed by atoms with E-state index in [-0.39, 0.29) is 0 Å². The van der Waals surface area contributed by atoms with Crippen LogP contribution in [0.15, 0.2) is 90.6 Å². The molecule has 0 fully saturated rings. The maximum absolute atomic E-state index is 6.70. The average molecular weight is 637 g/mol. The van der Waals surface area contributed by atoms with Crippen LogP contribution in [0, 0.1) is 25.7 Å². The molecule has 0 saturated carbocycles. The van der Waals surface area contributed by atoms with Crippen LogP contribution in [0.25, 0.3) is 33.3 Å². The standard InChI is InChI=1S/C43H48N4O/c1-8-10-14-39-43(42-30(6)20-28(4)21-31(42)7)37(9-2)45-47(39)32-22-29(5)23-34(25-32)48-33-16-17-36-35-13-11-12-15-38(35)46(40(36)26-33)41-24-27(3)18-19-44-41/h11-13,15-20,22-26,28,31,42H,8-10,14,21H2,1-7H3/t28-,31-,42?/m0/s1. The molecule has 3 atom stereocenters. The number of aryl methyl sites for hydroxylation is 3. The van der Waals surface area contributed by atoms with E-state index < -0.39 is 0 Å². The second kappa shape index (κ2) is 13.1. The van der Waals surface area contributed by atoms with Crippen molar-refractivity contribution in [3.63, 3.8) is 0 Å². The van der Waals surface area contributed by atoms with Crippen LogP contribution in [-0.2, 0) is 12.8 Å². The number of hydrogen-bond acceptors (Lipinski definition) is 3. The lowest BCUT2D eigenvalue weighted by atomic mass is 9.72. The Morgan fingerprint density at radius 1 is 0.833 bits per heavy atom. The molecule has 0 amide bonds. The third kappa shape index (κ3) is 5.85. The molecule has 48 heavy (non-hydrogen) atoms. The van der Waals surface area contributed by atoms with Gasteiger partial charge in [0.1, 0.15) is 17.3 Å². The van der Waals surface area contributed by atoms with Crippen molar-refractivity contribution in [2.75, 3.05) is 0 Å². The second-order valence-corrected chi connectivity index (χ2v) is 14.1. The third-order valence-corrected chi connectivity index (χ3v) is 10.2. The number of rotatable bonds is 9. The van der Waals surface area contributed by atoms with Crippen LogP contribution < -0.4 is 4.74 Å². The zero-order valence-electron chi connectivity index (χ0n) is 29.5. The summed E-state index contributed by atoms with van der Waals surface area (Å²) in [6.07, 6.45) is 9.82. The number of nitrogens with zero attached hydrogens (tertiary/aromatic N) is 4. The lowest BCUT2D eigenvalue weighted by Crippen LogP contribution is -2.21. The van der Waals surface area contributed by atoms with E-state index in [0.717, 1.165) is 65.3 Å². The molecule has 1 aliphatic carbocycles. The van der Waals surface area contributed by atoms with Crippen LogP contribution in [0.5, 0.6) is 11.5 Å². The summed E-state index contributed by atoms with van der Waals surface area (Å²) in [6, 6.07) is 25.6. The molecule has 0 saturated heterocycles. The van der Waals surface area contributed by atoms with Gasteiger partial charge in [-0.05, 0) is 112 Å². The van der Waals surface area contributed by atoms with E-state index in [1.54, 1.807) is 0 Å². The van der Waals surface area contributed by atoms with E-state index in [1.165, 1.54) is 45.3 Å². The van der Waals surface area contributed by atoms with Crippen molar-refractivity contribution in [3.8, 4) is 23.0 Å². The average Bonchev–Trinajstić information content (AvgIpc) is 3.58. The fraction of sp³-hybridized carbons (Fsp3) is 0.349. The fourth-order valence-corrected chi connectivity index (χ4v) is 8.19. The maximum Gasteiger partial charge on any atom is 0.137 e. The van der Waals surface area contributed by atoms with Gasteiger partial charge in [-0.3, -0.25) is 4.57 Å². The Morgan fingerprint density at radius 3 is 2.42 bits per heavy atom. The molecule has 1 unspecified atom stereocenters. The minimum atomic E-state index is 0.415. The van der Waals surface area contributed by atoms with Crippen molar-refractivity contribution >= 4 is 21.8 Å². The van der Waals surface area contributed by atoms with Crippen LogP contribution in [0.3, 0.4) is 0 Å². The quantitative estimate of drug-likeness (QED) is 0.148. The number of ether oxygens (including phenoxy) is 1. The van der Waals surface area contributed by atoms with E-state index in [1.807, 2.05) is 12.3 Å². The van der Waals surface area contributed by atoms with Gasteiger partial charge in [-0.25, -0.2) is 9.67 Å². The molecule has 0 aliphatic heterocycles. The number of para-hydroxylation sites is 1. The first-order chi connectivity index (χ1) is 23.2. The summed E-state index contributed by atoms with van der Waals surface area (Å²) in [5.74, 6) is 4.14. The zero-order chi connectivity index (χ0) is 33.5. The molecule has 1 aliphatic rings. The monoisotopic (exact) mass is 636 g/mol.